The Hall–Kier alpha value is -1.11. The molecule has 5 nitrogen and oxygen atoms in total. The molecular formula is C15H25N3O2S. The van der Waals surface area contributed by atoms with Gasteiger partial charge in [0, 0.05) is 31.4 Å². The van der Waals surface area contributed by atoms with E-state index in [2.05, 4.69) is 14.9 Å². The molecule has 0 bridgehead atoms. The molecule has 0 radical (unpaired) electrons. The van der Waals surface area contributed by atoms with Crippen molar-refractivity contribution in [3.63, 3.8) is 0 Å². The number of nitrogens with zero attached hydrogens (tertiary/aromatic N) is 1. The topological polar surface area (TPSA) is 61.4 Å². The molecular weight excluding hydrogens is 286 g/mol. The summed E-state index contributed by atoms with van der Waals surface area (Å²) in [6, 6.07) is 7.69. The third kappa shape index (κ3) is 4.18. The minimum Gasteiger partial charge on any atom is -0.370 e. The van der Waals surface area contributed by atoms with Gasteiger partial charge in [0.2, 0.25) is 10.0 Å². The zero-order chi connectivity index (χ0) is 15.3. The van der Waals surface area contributed by atoms with Gasteiger partial charge in [0.25, 0.3) is 0 Å². The molecule has 0 spiro atoms. The van der Waals surface area contributed by atoms with Crippen LogP contribution in [0.5, 0.6) is 0 Å². The summed E-state index contributed by atoms with van der Waals surface area (Å²) in [6.45, 7) is 4.41. The van der Waals surface area contributed by atoms with Crippen LogP contribution in [0.3, 0.4) is 0 Å². The van der Waals surface area contributed by atoms with Gasteiger partial charge in [-0.3, -0.25) is 0 Å². The number of likely N-dealkylation sites (N-methyl/N-ethyl adjacent to an activating group) is 1. The molecule has 0 aliphatic carbocycles. The molecule has 1 saturated heterocycles. The van der Waals surface area contributed by atoms with Crippen LogP contribution in [-0.4, -0.2) is 41.1 Å². The molecule has 0 aromatic heterocycles. The highest BCUT2D eigenvalue weighted by Gasteiger charge is 2.19. The molecule has 1 aliphatic heterocycles. The van der Waals surface area contributed by atoms with Crippen LogP contribution >= 0.6 is 0 Å². The van der Waals surface area contributed by atoms with Gasteiger partial charge in [0.1, 0.15) is 0 Å². The van der Waals surface area contributed by atoms with E-state index in [0.29, 0.717) is 17.5 Å². The highest BCUT2D eigenvalue weighted by atomic mass is 32.2. The minimum atomic E-state index is -3.37. The molecule has 0 amide bonds. The summed E-state index contributed by atoms with van der Waals surface area (Å²) >= 11 is 0. The molecule has 6 heteroatoms. The lowest BCUT2D eigenvalue weighted by atomic mass is 10.1. The zero-order valence-corrected chi connectivity index (χ0v) is 13.6. The van der Waals surface area contributed by atoms with Crippen LogP contribution in [0.25, 0.3) is 0 Å². The first-order valence-electron chi connectivity index (χ1n) is 7.58. The summed E-state index contributed by atoms with van der Waals surface area (Å²) < 4.78 is 26.7. The molecule has 1 aliphatic rings. The number of rotatable bonds is 6. The van der Waals surface area contributed by atoms with Gasteiger partial charge in [-0.25, -0.2) is 13.1 Å². The van der Waals surface area contributed by atoms with Gasteiger partial charge < -0.3 is 10.2 Å². The van der Waals surface area contributed by atoms with E-state index in [1.165, 1.54) is 6.42 Å². The van der Waals surface area contributed by atoms with Crippen LogP contribution in [0.15, 0.2) is 29.2 Å². The van der Waals surface area contributed by atoms with E-state index >= 15 is 0 Å². The van der Waals surface area contributed by atoms with Crippen LogP contribution < -0.4 is 14.9 Å². The third-order valence-corrected chi connectivity index (χ3v) is 5.36. The summed E-state index contributed by atoms with van der Waals surface area (Å²) in [5.41, 5.74) is 1.09. The van der Waals surface area contributed by atoms with Gasteiger partial charge in [-0.1, -0.05) is 6.92 Å². The van der Waals surface area contributed by atoms with Crippen molar-refractivity contribution in [3.8, 4) is 0 Å². The van der Waals surface area contributed by atoms with Gasteiger partial charge in [-0.05, 0) is 50.6 Å². The van der Waals surface area contributed by atoms with Crippen LogP contribution in [0.1, 0.15) is 26.2 Å². The van der Waals surface area contributed by atoms with Crippen molar-refractivity contribution in [2.45, 2.75) is 37.1 Å². The Labute approximate surface area is 127 Å². The fraction of sp³-hybridized carbons (Fsp3) is 0.600. The Kier molecular flexibility index (Phi) is 5.61. The van der Waals surface area contributed by atoms with E-state index in [4.69, 9.17) is 0 Å². The monoisotopic (exact) mass is 311 g/mol. The van der Waals surface area contributed by atoms with Gasteiger partial charge in [-0.2, -0.15) is 0 Å². The maximum absolute atomic E-state index is 12.0. The normalized spacial score (nSPS) is 19.7. The lowest BCUT2D eigenvalue weighted by Crippen LogP contribution is -2.44. The summed E-state index contributed by atoms with van der Waals surface area (Å²) in [4.78, 5) is 2.64. The van der Waals surface area contributed by atoms with Crippen LogP contribution in [0.2, 0.25) is 0 Å². The predicted molar refractivity (Wildman–Crippen MR) is 86.2 cm³/mol. The van der Waals surface area contributed by atoms with E-state index in [0.717, 1.165) is 31.6 Å². The highest BCUT2D eigenvalue weighted by molar-refractivity contribution is 7.89. The van der Waals surface area contributed by atoms with E-state index in [1.807, 2.05) is 26.1 Å². The maximum atomic E-state index is 12.0. The lowest BCUT2D eigenvalue weighted by Gasteiger charge is -2.34. The standard InChI is InChI=1S/C15H25N3O2S/c1-3-10-17-21(19,20)15-8-6-14(7-9-15)18-11-4-5-13(12-18)16-2/h6-9,13,16-17H,3-5,10-12H2,1-2H3. The Morgan fingerprint density at radius 3 is 2.62 bits per heavy atom. The summed E-state index contributed by atoms with van der Waals surface area (Å²) in [5.74, 6) is 0. The summed E-state index contributed by atoms with van der Waals surface area (Å²) in [7, 11) is -1.38. The minimum absolute atomic E-state index is 0.335. The average molecular weight is 311 g/mol. The molecule has 0 saturated carbocycles. The van der Waals surface area contributed by atoms with Crippen molar-refractivity contribution in [2.75, 3.05) is 31.6 Å². The predicted octanol–water partition coefficient (Wildman–Crippen LogP) is 1.56. The maximum Gasteiger partial charge on any atom is 0.240 e. The van der Waals surface area contributed by atoms with E-state index < -0.39 is 10.0 Å². The number of nitrogens with one attached hydrogen (secondary N) is 2. The molecule has 2 N–H and O–H groups in total. The van der Waals surface area contributed by atoms with Gasteiger partial charge >= 0.3 is 0 Å². The van der Waals surface area contributed by atoms with Crippen molar-refractivity contribution >= 4 is 15.7 Å². The van der Waals surface area contributed by atoms with E-state index in [1.54, 1.807) is 12.1 Å². The number of anilines is 1. The molecule has 1 unspecified atom stereocenters. The van der Waals surface area contributed by atoms with Crippen molar-refractivity contribution < 1.29 is 8.42 Å². The Balaban J connectivity index is 2.08. The first-order chi connectivity index (χ1) is 10.1. The summed E-state index contributed by atoms with van der Waals surface area (Å²) in [5, 5.41) is 3.31. The number of hydrogen-bond donors (Lipinski definition) is 2. The molecule has 1 atom stereocenters. The van der Waals surface area contributed by atoms with Crippen LogP contribution in [0.4, 0.5) is 5.69 Å². The second-order valence-electron chi connectivity index (χ2n) is 5.47. The molecule has 1 aromatic carbocycles. The number of sulfonamides is 1. The summed E-state index contributed by atoms with van der Waals surface area (Å²) in [6.07, 6.45) is 3.14. The zero-order valence-electron chi connectivity index (χ0n) is 12.8. The lowest BCUT2D eigenvalue weighted by molar-refractivity contribution is 0.449. The second-order valence-corrected chi connectivity index (χ2v) is 7.23. The second kappa shape index (κ2) is 7.24. The van der Waals surface area contributed by atoms with Gasteiger partial charge in [0.15, 0.2) is 0 Å². The van der Waals surface area contributed by atoms with E-state index in [9.17, 15) is 8.42 Å². The quantitative estimate of drug-likeness (QED) is 0.837. The number of piperidine rings is 1. The van der Waals surface area contributed by atoms with Crippen molar-refractivity contribution in [3.05, 3.63) is 24.3 Å². The van der Waals surface area contributed by atoms with Gasteiger partial charge in [0.05, 0.1) is 4.90 Å². The first-order valence-corrected chi connectivity index (χ1v) is 9.07. The molecule has 1 fully saturated rings. The highest BCUT2D eigenvalue weighted by Crippen LogP contribution is 2.21. The SMILES string of the molecule is CCCNS(=O)(=O)c1ccc(N2CCCC(NC)C2)cc1. The van der Waals surface area contributed by atoms with E-state index in [-0.39, 0.29) is 0 Å². The Morgan fingerprint density at radius 2 is 2.00 bits per heavy atom. The first kappa shape index (κ1) is 16.3. The van der Waals surface area contributed by atoms with Crippen molar-refractivity contribution in [1.29, 1.82) is 0 Å². The smallest absolute Gasteiger partial charge is 0.240 e. The van der Waals surface area contributed by atoms with Crippen LogP contribution in [-0.2, 0) is 10.0 Å². The third-order valence-electron chi connectivity index (χ3n) is 3.88. The molecule has 1 heterocycles. The van der Waals surface area contributed by atoms with Crippen molar-refractivity contribution in [2.24, 2.45) is 0 Å². The van der Waals surface area contributed by atoms with Gasteiger partial charge in [-0.15, -0.1) is 0 Å². The molecule has 118 valence electrons. The Morgan fingerprint density at radius 1 is 1.29 bits per heavy atom. The fourth-order valence-electron chi connectivity index (χ4n) is 2.60. The largest absolute Gasteiger partial charge is 0.370 e. The number of hydrogen-bond acceptors (Lipinski definition) is 4. The molecule has 2 rings (SSSR count). The average Bonchev–Trinajstić information content (AvgIpc) is 2.53. The van der Waals surface area contributed by atoms with Crippen LogP contribution in [0, 0.1) is 0 Å². The number of benzene rings is 1. The molecule has 1 aromatic rings. The van der Waals surface area contributed by atoms with Crippen molar-refractivity contribution in [1.82, 2.24) is 10.0 Å². The molecule has 21 heavy (non-hydrogen) atoms. The fourth-order valence-corrected chi connectivity index (χ4v) is 3.74. The Bertz CT molecular complexity index is 543.